The van der Waals surface area contributed by atoms with Crippen LogP contribution in [0.5, 0.6) is 0 Å². The predicted octanol–water partition coefficient (Wildman–Crippen LogP) is 2.22. The third kappa shape index (κ3) is 4.49. The summed E-state index contributed by atoms with van der Waals surface area (Å²) >= 11 is 6.15. The number of ether oxygens (including phenoxy) is 2. The highest BCUT2D eigenvalue weighted by molar-refractivity contribution is 6.32. The zero-order chi connectivity index (χ0) is 19.1. The predicted molar refractivity (Wildman–Crippen MR) is 95.1 cm³/mol. The summed E-state index contributed by atoms with van der Waals surface area (Å²) in [5, 5.41) is 6.01. The van der Waals surface area contributed by atoms with E-state index >= 15 is 0 Å². The molecule has 0 atom stereocenters. The molecule has 2 rings (SSSR count). The molecule has 1 N–H and O–H groups in total. The van der Waals surface area contributed by atoms with Gasteiger partial charge in [-0.25, -0.2) is 5.10 Å². The first-order valence-electron chi connectivity index (χ1n) is 8.13. The molecular formula is C18H19ClN2O5. The zero-order valence-corrected chi connectivity index (χ0v) is 15.2. The van der Waals surface area contributed by atoms with Gasteiger partial charge in [-0.05, 0) is 19.4 Å². The lowest BCUT2D eigenvalue weighted by molar-refractivity contribution is -0.157. The number of esters is 2. The molecule has 0 saturated carbocycles. The lowest BCUT2D eigenvalue weighted by Crippen LogP contribution is -2.30. The van der Waals surface area contributed by atoms with Crippen LogP contribution in [0, 0.1) is 0 Å². The Bertz CT molecular complexity index is 817. The molecule has 0 fully saturated rings. The summed E-state index contributed by atoms with van der Waals surface area (Å²) in [6.45, 7) is 3.36. The smallest absolute Gasteiger partial charge is 0.325 e. The molecule has 2 aromatic rings. The third-order valence-corrected chi connectivity index (χ3v) is 3.96. The minimum absolute atomic E-state index is 0.0103. The molecule has 0 bridgehead atoms. The van der Waals surface area contributed by atoms with Crippen LogP contribution in [0.2, 0.25) is 5.02 Å². The minimum atomic E-state index is -1.48. The van der Waals surface area contributed by atoms with Crippen molar-refractivity contribution in [2.75, 3.05) is 13.2 Å². The van der Waals surface area contributed by atoms with E-state index in [1.165, 1.54) is 0 Å². The molecular weight excluding hydrogens is 360 g/mol. The summed E-state index contributed by atoms with van der Waals surface area (Å²) in [5.74, 6) is -3.15. The van der Waals surface area contributed by atoms with Crippen molar-refractivity contribution < 1.29 is 19.1 Å². The van der Waals surface area contributed by atoms with Gasteiger partial charge in [-0.2, -0.15) is 5.10 Å². The Labute approximate surface area is 155 Å². The normalized spacial score (nSPS) is 10.6. The molecule has 0 aliphatic carbocycles. The van der Waals surface area contributed by atoms with Crippen molar-refractivity contribution >= 4 is 23.5 Å². The number of H-pyrrole nitrogens is 1. The highest BCUT2D eigenvalue weighted by Crippen LogP contribution is 2.28. The van der Waals surface area contributed by atoms with Crippen molar-refractivity contribution in [3.05, 3.63) is 62.5 Å². The van der Waals surface area contributed by atoms with E-state index in [0.717, 1.165) is 5.56 Å². The van der Waals surface area contributed by atoms with E-state index in [-0.39, 0.29) is 30.2 Å². The fourth-order valence-corrected chi connectivity index (χ4v) is 2.74. The van der Waals surface area contributed by atoms with Gasteiger partial charge in [0.05, 0.1) is 18.9 Å². The zero-order valence-electron chi connectivity index (χ0n) is 14.5. The van der Waals surface area contributed by atoms with Crippen LogP contribution in [0.15, 0.2) is 35.1 Å². The second-order valence-corrected chi connectivity index (χ2v) is 5.70. The Kier molecular flexibility index (Phi) is 6.91. The second kappa shape index (κ2) is 9.15. The van der Waals surface area contributed by atoms with Gasteiger partial charge in [-0.3, -0.25) is 14.4 Å². The first-order valence-corrected chi connectivity index (χ1v) is 8.51. The number of carbonyl (C=O) groups excluding carboxylic acids is 2. The number of halogens is 1. The van der Waals surface area contributed by atoms with Crippen LogP contribution in [0.1, 0.15) is 36.6 Å². The third-order valence-electron chi connectivity index (χ3n) is 3.59. The van der Waals surface area contributed by atoms with Crippen molar-refractivity contribution in [3.63, 3.8) is 0 Å². The quantitative estimate of drug-likeness (QED) is 0.586. The number of benzene rings is 1. The van der Waals surface area contributed by atoms with E-state index in [2.05, 4.69) is 10.2 Å². The lowest BCUT2D eigenvalue weighted by Gasteiger charge is -2.18. The largest absolute Gasteiger partial charge is 0.465 e. The van der Waals surface area contributed by atoms with Gasteiger partial charge >= 0.3 is 11.9 Å². The monoisotopic (exact) mass is 378 g/mol. The van der Waals surface area contributed by atoms with Gasteiger partial charge in [0, 0.05) is 12.0 Å². The van der Waals surface area contributed by atoms with Gasteiger partial charge in [-0.15, -0.1) is 0 Å². The summed E-state index contributed by atoms with van der Waals surface area (Å²) in [5.41, 5.74) is 0.482. The number of aromatic amines is 1. The maximum atomic E-state index is 12.4. The summed E-state index contributed by atoms with van der Waals surface area (Å²) in [7, 11) is 0. The molecule has 8 heteroatoms. The van der Waals surface area contributed by atoms with E-state index in [4.69, 9.17) is 21.1 Å². The molecule has 0 saturated heterocycles. The fraction of sp³-hybridized carbons (Fsp3) is 0.333. The number of carbonyl (C=O) groups is 2. The van der Waals surface area contributed by atoms with Crippen molar-refractivity contribution in [1.29, 1.82) is 0 Å². The molecule has 1 aromatic carbocycles. The van der Waals surface area contributed by atoms with Crippen LogP contribution in [-0.2, 0) is 25.5 Å². The molecule has 138 valence electrons. The second-order valence-electron chi connectivity index (χ2n) is 5.33. The van der Waals surface area contributed by atoms with Crippen LogP contribution in [0.3, 0.4) is 0 Å². The molecule has 0 aliphatic heterocycles. The number of hydrogen-bond donors (Lipinski definition) is 1. The van der Waals surface area contributed by atoms with E-state index < -0.39 is 23.4 Å². The molecule has 0 spiro atoms. The number of aromatic nitrogens is 2. The lowest BCUT2D eigenvalue weighted by atomic mass is 9.95. The van der Waals surface area contributed by atoms with Crippen LogP contribution < -0.4 is 5.56 Å². The highest BCUT2D eigenvalue weighted by Gasteiger charge is 2.36. The SMILES string of the molecule is CCOC(=O)C(C(=O)OCC)c1c(Cc2ccccc2)n[nH]c(=O)c1Cl. The highest BCUT2D eigenvalue weighted by atomic mass is 35.5. The molecule has 0 unspecified atom stereocenters. The Hall–Kier alpha value is -2.67. The summed E-state index contributed by atoms with van der Waals surface area (Å²) in [6.07, 6.45) is 0.266. The number of hydrogen-bond acceptors (Lipinski definition) is 6. The van der Waals surface area contributed by atoms with Crippen LogP contribution >= 0.6 is 11.6 Å². The van der Waals surface area contributed by atoms with E-state index in [1.54, 1.807) is 13.8 Å². The average Bonchev–Trinajstić information content (AvgIpc) is 2.62. The maximum absolute atomic E-state index is 12.4. The Balaban J connectivity index is 2.58. The Morgan fingerprint density at radius 2 is 1.69 bits per heavy atom. The van der Waals surface area contributed by atoms with Crippen LogP contribution in [0.4, 0.5) is 0 Å². The molecule has 0 radical (unpaired) electrons. The molecule has 0 aliphatic rings. The standard InChI is InChI=1S/C18H19ClN2O5/c1-3-25-17(23)14(18(24)26-4-2)13-12(20-21-16(22)15(13)19)10-11-8-6-5-7-9-11/h5-9,14H,3-4,10H2,1-2H3,(H,21,22). The first-order chi connectivity index (χ1) is 12.5. The van der Waals surface area contributed by atoms with Gasteiger partial charge < -0.3 is 9.47 Å². The minimum Gasteiger partial charge on any atom is -0.465 e. The Morgan fingerprint density at radius 3 is 2.23 bits per heavy atom. The van der Waals surface area contributed by atoms with Gasteiger partial charge in [-0.1, -0.05) is 41.9 Å². The number of nitrogens with one attached hydrogen (secondary N) is 1. The van der Waals surface area contributed by atoms with Gasteiger partial charge in [0.2, 0.25) is 0 Å². The number of rotatable bonds is 7. The molecule has 1 heterocycles. The number of nitrogens with zero attached hydrogens (tertiary/aromatic N) is 1. The molecule has 26 heavy (non-hydrogen) atoms. The van der Waals surface area contributed by atoms with E-state index in [0.29, 0.717) is 5.69 Å². The van der Waals surface area contributed by atoms with E-state index in [9.17, 15) is 14.4 Å². The molecule has 0 amide bonds. The van der Waals surface area contributed by atoms with Crippen LogP contribution in [0.25, 0.3) is 0 Å². The van der Waals surface area contributed by atoms with Crippen molar-refractivity contribution in [2.45, 2.75) is 26.2 Å². The van der Waals surface area contributed by atoms with Gasteiger partial charge in [0.1, 0.15) is 5.02 Å². The van der Waals surface area contributed by atoms with Crippen molar-refractivity contribution in [2.24, 2.45) is 0 Å². The van der Waals surface area contributed by atoms with E-state index in [1.807, 2.05) is 30.3 Å². The summed E-state index contributed by atoms with van der Waals surface area (Å²) in [6, 6.07) is 9.26. The molecule has 1 aromatic heterocycles. The van der Waals surface area contributed by atoms with Crippen LogP contribution in [-0.4, -0.2) is 35.3 Å². The molecule has 7 nitrogen and oxygen atoms in total. The van der Waals surface area contributed by atoms with Crippen molar-refractivity contribution in [3.8, 4) is 0 Å². The van der Waals surface area contributed by atoms with Gasteiger partial charge in [0.25, 0.3) is 5.56 Å². The summed E-state index contributed by atoms with van der Waals surface area (Å²) in [4.78, 5) is 36.8. The fourth-order valence-electron chi connectivity index (χ4n) is 2.48. The van der Waals surface area contributed by atoms with Crippen molar-refractivity contribution in [1.82, 2.24) is 10.2 Å². The Morgan fingerprint density at radius 1 is 1.12 bits per heavy atom. The topological polar surface area (TPSA) is 98.3 Å². The average molecular weight is 379 g/mol. The van der Waals surface area contributed by atoms with Gasteiger partial charge in [0.15, 0.2) is 5.92 Å². The first kappa shape index (κ1) is 19.7. The maximum Gasteiger partial charge on any atom is 0.325 e. The summed E-state index contributed by atoms with van der Waals surface area (Å²) < 4.78 is 9.98.